The molecule has 1 amide bonds. The Balaban J connectivity index is 1.41. The maximum atomic E-state index is 13.4. The lowest BCUT2D eigenvalue weighted by atomic mass is 9.89. The molecule has 2 aliphatic rings. The number of carbonyl (C=O) groups excluding carboxylic acids is 1. The minimum Gasteiger partial charge on any atom is -0.493 e. The zero-order chi connectivity index (χ0) is 27.1. The molecule has 3 aromatic carbocycles. The standard InChI is InChI=1S/C31H31N3O5/c1-33(2)21-7-5-19(6-8-21)16-32-29(35)15-24-22-9-10-26(36-3)31(37-4)25(22)17-34-12-11-20-13-27-28(39-18-38-27)14-23(20)30(24)34/h5-10,13-14,17H,11-12,15-16,18H2,1-4H3/p+1. The van der Waals surface area contributed by atoms with Crippen LogP contribution in [0.5, 0.6) is 23.0 Å². The Labute approximate surface area is 227 Å². The molecule has 0 fully saturated rings. The highest BCUT2D eigenvalue weighted by atomic mass is 16.7. The van der Waals surface area contributed by atoms with Gasteiger partial charge >= 0.3 is 0 Å². The maximum absolute atomic E-state index is 13.4. The highest BCUT2D eigenvalue weighted by Crippen LogP contribution is 2.43. The minimum atomic E-state index is -0.0513. The predicted molar refractivity (Wildman–Crippen MR) is 149 cm³/mol. The van der Waals surface area contributed by atoms with Crippen LogP contribution in [-0.2, 0) is 30.7 Å². The van der Waals surface area contributed by atoms with Crippen LogP contribution >= 0.6 is 0 Å². The molecule has 0 saturated carbocycles. The highest BCUT2D eigenvalue weighted by molar-refractivity contribution is 5.97. The molecule has 0 aliphatic carbocycles. The van der Waals surface area contributed by atoms with Gasteiger partial charge in [0.1, 0.15) is 0 Å². The Morgan fingerprint density at radius 1 is 1.00 bits per heavy atom. The number of amides is 1. The van der Waals surface area contributed by atoms with Crippen molar-refractivity contribution >= 4 is 22.4 Å². The first kappa shape index (κ1) is 24.9. The van der Waals surface area contributed by atoms with Crippen LogP contribution in [-0.4, -0.2) is 41.0 Å². The topological polar surface area (TPSA) is 73.1 Å². The fraction of sp³-hybridized carbons (Fsp3) is 0.290. The Hall–Kier alpha value is -4.46. The van der Waals surface area contributed by atoms with Gasteiger partial charge in [0.2, 0.25) is 18.4 Å². The number of pyridine rings is 1. The summed E-state index contributed by atoms with van der Waals surface area (Å²) >= 11 is 0. The number of rotatable bonds is 7. The van der Waals surface area contributed by atoms with Gasteiger partial charge in [-0.1, -0.05) is 12.1 Å². The van der Waals surface area contributed by atoms with E-state index in [1.165, 1.54) is 5.56 Å². The zero-order valence-corrected chi connectivity index (χ0v) is 22.7. The molecule has 39 heavy (non-hydrogen) atoms. The van der Waals surface area contributed by atoms with Crippen LogP contribution in [0.25, 0.3) is 22.0 Å². The lowest BCUT2D eigenvalue weighted by Crippen LogP contribution is -2.41. The number of methoxy groups -OCH3 is 2. The van der Waals surface area contributed by atoms with Gasteiger partial charge in [0.25, 0.3) is 0 Å². The van der Waals surface area contributed by atoms with Crippen LogP contribution in [0.4, 0.5) is 5.69 Å². The molecular weight excluding hydrogens is 494 g/mol. The van der Waals surface area contributed by atoms with Crippen molar-refractivity contribution in [1.29, 1.82) is 0 Å². The summed E-state index contributed by atoms with van der Waals surface area (Å²) in [7, 11) is 7.30. The highest BCUT2D eigenvalue weighted by Gasteiger charge is 2.33. The van der Waals surface area contributed by atoms with E-state index in [0.29, 0.717) is 18.0 Å². The van der Waals surface area contributed by atoms with Crippen molar-refractivity contribution in [2.24, 2.45) is 0 Å². The third-order valence-electron chi connectivity index (χ3n) is 7.52. The molecule has 0 atom stereocenters. The van der Waals surface area contributed by atoms with E-state index in [2.05, 4.69) is 39.2 Å². The van der Waals surface area contributed by atoms with Crippen molar-refractivity contribution in [3.05, 3.63) is 71.4 Å². The summed E-state index contributed by atoms with van der Waals surface area (Å²) in [6.45, 7) is 1.45. The first-order chi connectivity index (χ1) is 19.0. The van der Waals surface area contributed by atoms with Gasteiger partial charge in [0, 0.05) is 43.7 Å². The number of carbonyl (C=O) groups is 1. The fourth-order valence-corrected chi connectivity index (χ4v) is 5.52. The fourth-order valence-electron chi connectivity index (χ4n) is 5.52. The molecule has 0 bridgehead atoms. The SMILES string of the molecule is COc1ccc2c(CC(=O)NCc3ccc(N(C)C)cc3)c3[n+](cc2c1OC)CCc1cc2c(cc1-3)OCO2. The second kappa shape index (κ2) is 10.0. The van der Waals surface area contributed by atoms with Gasteiger partial charge in [-0.25, -0.2) is 0 Å². The van der Waals surface area contributed by atoms with E-state index in [1.807, 2.05) is 44.4 Å². The summed E-state index contributed by atoms with van der Waals surface area (Å²) in [5.74, 6) is 2.76. The number of fused-ring (bicyclic) bond motifs is 5. The summed E-state index contributed by atoms with van der Waals surface area (Å²) in [4.78, 5) is 15.5. The first-order valence-corrected chi connectivity index (χ1v) is 13.0. The van der Waals surface area contributed by atoms with Crippen LogP contribution in [0.2, 0.25) is 0 Å². The van der Waals surface area contributed by atoms with Gasteiger partial charge in [-0.3, -0.25) is 4.79 Å². The van der Waals surface area contributed by atoms with Crippen molar-refractivity contribution in [2.45, 2.75) is 25.9 Å². The predicted octanol–water partition coefficient (Wildman–Crippen LogP) is 4.02. The molecule has 1 N–H and O–H groups in total. The summed E-state index contributed by atoms with van der Waals surface area (Å²) in [6, 6.07) is 16.2. The Kier molecular flexibility index (Phi) is 6.38. The number of benzene rings is 3. The maximum Gasteiger partial charge on any atom is 0.231 e. The van der Waals surface area contributed by atoms with Crippen LogP contribution in [0.3, 0.4) is 0 Å². The minimum absolute atomic E-state index is 0.0513. The monoisotopic (exact) mass is 526 g/mol. The van der Waals surface area contributed by atoms with Gasteiger partial charge in [-0.15, -0.1) is 0 Å². The molecule has 3 heterocycles. The number of nitrogens with zero attached hydrogens (tertiary/aromatic N) is 2. The molecule has 200 valence electrons. The van der Waals surface area contributed by atoms with Gasteiger partial charge in [-0.2, -0.15) is 4.57 Å². The van der Waals surface area contributed by atoms with E-state index in [9.17, 15) is 4.79 Å². The van der Waals surface area contributed by atoms with E-state index in [1.54, 1.807) is 14.2 Å². The van der Waals surface area contributed by atoms with Crippen LogP contribution in [0.1, 0.15) is 16.7 Å². The van der Waals surface area contributed by atoms with E-state index in [-0.39, 0.29) is 19.1 Å². The lowest BCUT2D eigenvalue weighted by molar-refractivity contribution is -0.686. The summed E-state index contributed by atoms with van der Waals surface area (Å²) in [5.41, 5.74) is 6.36. The quantitative estimate of drug-likeness (QED) is 0.367. The van der Waals surface area contributed by atoms with Crippen molar-refractivity contribution in [1.82, 2.24) is 5.32 Å². The van der Waals surface area contributed by atoms with Crippen molar-refractivity contribution in [3.63, 3.8) is 0 Å². The smallest absolute Gasteiger partial charge is 0.231 e. The van der Waals surface area contributed by atoms with E-state index >= 15 is 0 Å². The molecule has 0 saturated heterocycles. The molecule has 2 aliphatic heterocycles. The van der Waals surface area contributed by atoms with Gasteiger partial charge < -0.3 is 29.2 Å². The second-order valence-electron chi connectivity index (χ2n) is 10.0. The molecule has 6 rings (SSSR count). The Morgan fingerprint density at radius 2 is 1.77 bits per heavy atom. The Morgan fingerprint density at radius 3 is 2.49 bits per heavy atom. The first-order valence-electron chi connectivity index (χ1n) is 13.0. The van der Waals surface area contributed by atoms with Crippen molar-refractivity contribution in [2.75, 3.05) is 40.0 Å². The molecule has 8 nitrogen and oxygen atoms in total. The molecule has 0 unspecified atom stereocenters. The largest absolute Gasteiger partial charge is 0.493 e. The average Bonchev–Trinajstić information content (AvgIpc) is 3.41. The van der Waals surface area contributed by atoms with Gasteiger partial charge in [-0.05, 0) is 47.5 Å². The van der Waals surface area contributed by atoms with Crippen molar-refractivity contribution in [3.8, 4) is 34.3 Å². The number of nitrogens with one attached hydrogen (secondary N) is 1. The number of hydrogen-bond acceptors (Lipinski definition) is 6. The van der Waals surface area contributed by atoms with Crippen LogP contribution in [0.15, 0.2) is 54.7 Å². The summed E-state index contributed by atoms with van der Waals surface area (Å²) in [6.07, 6.45) is 3.16. The number of ether oxygens (including phenoxy) is 4. The van der Waals surface area contributed by atoms with E-state index in [4.69, 9.17) is 18.9 Å². The molecular formula is C31H32N3O5+. The van der Waals surface area contributed by atoms with E-state index < -0.39 is 0 Å². The molecule has 4 aromatic rings. The van der Waals surface area contributed by atoms with E-state index in [0.717, 1.165) is 63.3 Å². The van der Waals surface area contributed by atoms with Gasteiger partial charge in [0.05, 0.1) is 31.6 Å². The number of hydrogen-bond donors (Lipinski definition) is 1. The van der Waals surface area contributed by atoms with Gasteiger partial charge in [0.15, 0.2) is 35.7 Å². The van der Waals surface area contributed by atoms with Crippen molar-refractivity contribution < 1.29 is 28.3 Å². The molecule has 1 aromatic heterocycles. The number of aryl methyl sites for hydroxylation is 2. The average molecular weight is 527 g/mol. The third-order valence-corrected chi connectivity index (χ3v) is 7.52. The lowest BCUT2D eigenvalue weighted by Gasteiger charge is -2.21. The summed E-state index contributed by atoms with van der Waals surface area (Å²) < 4.78 is 24.9. The number of anilines is 1. The second-order valence-corrected chi connectivity index (χ2v) is 10.0. The van der Waals surface area contributed by atoms with Crippen LogP contribution < -0.4 is 33.7 Å². The molecule has 0 radical (unpaired) electrons. The third kappa shape index (κ3) is 4.46. The summed E-state index contributed by atoms with van der Waals surface area (Å²) in [5, 5.41) is 4.98. The molecule has 8 heteroatoms. The zero-order valence-electron chi connectivity index (χ0n) is 22.7. The molecule has 0 spiro atoms. The Bertz CT molecular complexity index is 1580. The number of aromatic nitrogens is 1. The van der Waals surface area contributed by atoms with Crippen LogP contribution in [0, 0.1) is 0 Å². The normalized spacial score (nSPS) is 13.0.